The predicted molar refractivity (Wildman–Crippen MR) is 86.4 cm³/mol. The molecule has 0 fully saturated rings. The lowest BCUT2D eigenvalue weighted by Gasteiger charge is -2.05. The van der Waals surface area contributed by atoms with Gasteiger partial charge in [-0.05, 0) is 18.2 Å². The summed E-state index contributed by atoms with van der Waals surface area (Å²) in [5.41, 5.74) is 4.90. The van der Waals surface area contributed by atoms with Crippen LogP contribution >= 0.6 is 0 Å². The molecule has 0 saturated heterocycles. The van der Waals surface area contributed by atoms with Crippen LogP contribution < -0.4 is 10.2 Å². The lowest BCUT2D eigenvalue weighted by molar-refractivity contribution is 0.0952. The van der Waals surface area contributed by atoms with Gasteiger partial charge in [0.1, 0.15) is 5.75 Å². The molecule has 5 heteroatoms. The molecule has 2 aromatic carbocycles. The molecule has 3 aromatic rings. The van der Waals surface area contributed by atoms with Crippen molar-refractivity contribution < 1.29 is 9.53 Å². The Morgan fingerprint density at radius 1 is 1.18 bits per heavy atom. The number of nitrogens with one attached hydrogen (secondary N) is 2. The van der Waals surface area contributed by atoms with Gasteiger partial charge in [-0.2, -0.15) is 5.10 Å². The van der Waals surface area contributed by atoms with Crippen molar-refractivity contribution in [2.75, 3.05) is 7.11 Å². The molecule has 0 saturated carbocycles. The number of aromatic nitrogens is 1. The van der Waals surface area contributed by atoms with Gasteiger partial charge < -0.3 is 9.72 Å². The second-order valence-electron chi connectivity index (χ2n) is 4.69. The summed E-state index contributed by atoms with van der Waals surface area (Å²) in [4.78, 5) is 15.3. The monoisotopic (exact) mass is 293 g/mol. The highest BCUT2D eigenvalue weighted by Gasteiger charge is 2.10. The van der Waals surface area contributed by atoms with E-state index in [1.807, 2.05) is 36.5 Å². The maximum atomic E-state index is 12.1. The molecule has 1 amide bonds. The molecule has 2 N–H and O–H groups in total. The quantitative estimate of drug-likeness (QED) is 0.573. The van der Waals surface area contributed by atoms with Gasteiger partial charge in [0.05, 0.1) is 18.9 Å². The zero-order valence-corrected chi connectivity index (χ0v) is 12.0. The van der Waals surface area contributed by atoms with Crippen LogP contribution in [0.2, 0.25) is 0 Å². The summed E-state index contributed by atoms with van der Waals surface area (Å²) < 4.78 is 5.16. The topological polar surface area (TPSA) is 66.5 Å². The fourth-order valence-corrected chi connectivity index (χ4v) is 2.25. The van der Waals surface area contributed by atoms with Crippen molar-refractivity contribution >= 4 is 23.0 Å². The largest absolute Gasteiger partial charge is 0.496 e. The molecule has 110 valence electrons. The number of carbonyl (C=O) groups excluding carboxylic acids is 1. The average Bonchev–Trinajstić information content (AvgIpc) is 2.98. The second kappa shape index (κ2) is 6.13. The van der Waals surface area contributed by atoms with E-state index in [4.69, 9.17) is 4.74 Å². The maximum Gasteiger partial charge on any atom is 0.275 e. The zero-order chi connectivity index (χ0) is 15.4. The fourth-order valence-electron chi connectivity index (χ4n) is 2.25. The average molecular weight is 293 g/mol. The Morgan fingerprint density at radius 2 is 1.95 bits per heavy atom. The van der Waals surface area contributed by atoms with Gasteiger partial charge in [0, 0.05) is 22.7 Å². The number of methoxy groups -OCH3 is 1. The van der Waals surface area contributed by atoms with Gasteiger partial charge in [0.25, 0.3) is 5.91 Å². The van der Waals surface area contributed by atoms with Crippen LogP contribution in [0.3, 0.4) is 0 Å². The van der Waals surface area contributed by atoms with E-state index < -0.39 is 0 Å². The summed E-state index contributed by atoms with van der Waals surface area (Å²) in [7, 11) is 1.53. The molecular weight excluding hydrogens is 278 g/mol. The van der Waals surface area contributed by atoms with Crippen LogP contribution in [0.25, 0.3) is 10.9 Å². The van der Waals surface area contributed by atoms with E-state index in [1.165, 1.54) is 7.11 Å². The number of hydrogen-bond donors (Lipinski definition) is 2. The minimum Gasteiger partial charge on any atom is -0.496 e. The molecule has 1 aromatic heterocycles. The van der Waals surface area contributed by atoms with Crippen LogP contribution in [0.4, 0.5) is 0 Å². The number of amides is 1. The zero-order valence-electron chi connectivity index (χ0n) is 12.0. The fraction of sp³-hybridized carbons (Fsp3) is 0.0588. The van der Waals surface area contributed by atoms with Crippen LogP contribution in [-0.2, 0) is 0 Å². The number of fused-ring (bicyclic) bond motifs is 1. The first-order valence-corrected chi connectivity index (χ1v) is 6.82. The third kappa shape index (κ3) is 2.69. The number of H-pyrrole nitrogens is 1. The van der Waals surface area contributed by atoms with Crippen LogP contribution in [0.1, 0.15) is 15.9 Å². The van der Waals surface area contributed by atoms with Gasteiger partial charge in [-0.15, -0.1) is 0 Å². The maximum absolute atomic E-state index is 12.1. The first-order valence-electron chi connectivity index (χ1n) is 6.82. The first kappa shape index (κ1) is 13.9. The first-order chi connectivity index (χ1) is 10.8. The molecule has 0 atom stereocenters. The number of para-hydroxylation sites is 2. The molecule has 22 heavy (non-hydrogen) atoms. The van der Waals surface area contributed by atoms with Crippen molar-refractivity contribution in [1.29, 1.82) is 0 Å². The molecule has 0 aliphatic carbocycles. The Hall–Kier alpha value is -3.08. The van der Waals surface area contributed by atoms with Gasteiger partial charge in [-0.1, -0.05) is 30.3 Å². The lowest BCUT2D eigenvalue weighted by Crippen LogP contribution is -2.18. The molecule has 5 nitrogen and oxygen atoms in total. The smallest absolute Gasteiger partial charge is 0.275 e. The summed E-state index contributed by atoms with van der Waals surface area (Å²) in [6, 6.07) is 14.9. The highest BCUT2D eigenvalue weighted by molar-refractivity contribution is 6.00. The molecule has 0 bridgehead atoms. The van der Waals surface area contributed by atoms with Gasteiger partial charge in [-0.3, -0.25) is 4.79 Å². The number of hydrazone groups is 1. The normalized spacial score (nSPS) is 11.0. The van der Waals surface area contributed by atoms with Gasteiger partial charge in [-0.25, -0.2) is 5.43 Å². The van der Waals surface area contributed by atoms with E-state index >= 15 is 0 Å². The number of rotatable bonds is 4. The number of benzene rings is 2. The van der Waals surface area contributed by atoms with Crippen molar-refractivity contribution in [1.82, 2.24) is 10.4 Å². The van der Waals surface area contributed by atoms with Crippen molar-refractivity contribution in [3.8, 4) is 5.75 Å². The van der Waals surface area contributed by atoms with Crippen molar-refractivity contribution in [3.63, 3.8) is 0 Å². The van der Waals surface area contributed by atoms with Crippen LogP contribution in [-0.4, -0.2) is 24.2 Å². The summed E-state index contributed by atoms with van der Waals surface area (Å²) in [5.74, 6) is 0.204. The summed E-state index contributed by atoms with van der Waals surface area (Å²) in [6.07, 6.45) is 3.47. The summed E-state index contributed by atoms with van der Waals surface area (Å²) in [5, 5.41) is 5.07. The highest BCUT2D eigenvalue weighted by atomic mass is 16.5. The number of carbonyl (C=O) groups is 1. The van der Waals surface area contributed by atoms with Crippen LogP contribution in [0.5, 0.6) is 5.75 Å². The molecular formula is C17H15N3O2. The van der Waals surface area contributed by atoms with Crippen molar-refractivity contribution in [2.24, 2.45) is 5.10 Å². The van der Waals surface area contributed by atoms with Crippen molar-refractivity contribution in [3.05, 3.63) is 65.9 Å². The number of nitrogens with zero attached hydrogens (tertiary/aromatic N) is 1. The molecule has 0 spiro atoms. The summed E-state index contributed by atoms with van der Waals surface area (Å²) >= 11 is 0. The lowest BCUT2D eigenvalue weighted by atomic mass is 10.2. The molecule has 1 heterocycles. The number of aromatic amines is 1. The minimum absolute atomic E-state index is 0.312. The van der Waals surface area contributed by atoms with E-state index in [0.717, 1.165) is 16.5 Å². The Bertz CT molecular complexity index is 837. The van der Waals surface area contributed by atoms with Crippen molar-refractivity contribution in [2.45, 2.75) is 0 Å². The molecule has 0 aliphatic heterocycles. The van der Waals surface area contributed by atoms with Gasteiger partial charge in [0.2, 0.25) is 0 Å². The molecule has 3 rings (SSSR count). The highest BCUT2D eigenvalue weighted by Crippen LogP contribution is 2.17. The SMILES string of the molecule is COc1ccccc1C(=O)N/N=C\c1c[nH]c2ccccc12. The third-order valence-corrected chi connectivity index (χ3v) is 3.34. The minimum atomic E-state index is -0.312. The predicted octanol–water partition coefficient (Wildman–Crippen LogP) is 2.94. The van der Waals surface area contributed by atoms with E-state index in [-0.39, 0.29) is 5.91 Å². The van der Waals surface area contributed by atoms with E-state index in [0.29, 0.717) is 11.3 Å². The molecule has 0 unspecified atom stereocenters. The number of ether oxygens (including phenoxy) is 1. The Labute approximate surface area is 127 Å². The number of hydrogen-bond acceptors (Lipinski definition) is 3. The standard InChI is InChI=1S/C17H15N3O2/c1-22-16-9-5-3-7-14(16)17(21)20-19-11-12-10-18-15-8-4-2-6-13(12)15/h2-11,18H,1H3,(H,20,21)/b19-11-. The Kier molecular flexibility index (Phi) is 3.87. The molecule has 0 aliphatic rings. The van der Waals surface area contributed by atoms with E-state index in [2.05, 4.69) is 15.5 Å². The van der Waals surface area contributed by atoms with Crippen LogP contribution in [0, 0.1) is 0 Å². The van der Waals surface area contributed by atoms with Gasteiger partial charge in [0.15, 0.2) is 0 Å². The Balaban J connectivity index is 1.75. The molecule has 0 radical (unpaired) electrons. The van der Waals surface area contributed by atoms with Crippen LogP contribution in [0.15, 0.2) is 59.8 Å². The second-order valence-corrected chi connectivity index (χ2v) is 4.69. The van der Waals surface area contributed by atoms with E-state index in [1.54, 1.807) is 24.4 Å². The van der Waals surface area contributed by atoms with Gasteiger partial charge >= 0.3 is 0 Å². The Morgan fingerprint density at radius 3 is 2.82 bits per heavy atom. The summed E-state index contributed by atoms with van der Waals surface area (Å²) in [6.45, 7) is 0. The third-order valence-electron chi connectivity index (χ3n) is 3.34. The van der Waals surface area contributed by atoms with E-state index in [9.17, 15) is 4.79 Å².